The van der Waals surface area contributed by atoms with Gasteiger partial charge >= 0.3 is 0 Å². The van der Waals surface area contributed by atoms with Crippen molar-refractivity contribution in [2.45, 2.75) is 6.54 Å². The van der Waals surface area contributed by atoms with Crippen LogP contribution in [0.1, 0.15) is 5.89 Å². The molecule has 0 aliphatic rings. The van der Waals surface area contributed by atoms with Gasteiger partial charge in [0.2, 0.25) is 5.89 Å². The molecule has 2 aromatic heterocycles. The van der Waals surface area contributed by atoms with Gasteiger partial charge in [-0.2, -0.15) is 0 Å². The quantitative estimate of drug-likeness (QED) is 0.877. The lowest BCUT2D eigenvalue weighted by atomic mass is 10.3. The number of hydrogen-bond acceptors (Lipinski definition) is 4. The summed E-state index contributed by atoms with van der Waals surface area (Å²) in [6, 6.07) is 1.81. The van der Waals surface area contributed by atoms with E-state index in [1.165, 1.54) is 0 Å². The Balaban J connectivity index is 2.35. The lowest BCUT2D eigenvalue weighted by molar-refractivity contribution is 0.506. The van der Waals surface area contributed by atoms with E-state index >= 15 is 0 Å². The standard InChI is InChI=1S/C8H7BrN2O2/c9-7-1-5(4-12-7)6-3-11-8(2-10)13-6/h1,3-4H,2,10H2. The van der Waals surface area contributed by atoms with Gasteiger partial charge in [0, 0.05) is 6.07 Å². The smallest absolute Gasteiger partial charge is 0.208 e. The van der Waals surface area contributed by atoms with Crippen molar-refractivity contribution in [3.05, 3.63) is 29.1 Å². The lowest BCUT2D eigenvalue weighted by Gasteiger charge is -1.86. The molecule has 0 aromatic carbocycles. The average molecular weight is 243 g/mol. The van der Waals surface area contributed by atoms with Crippen LogP contribution >= 0.6 is 15.9 Å². The van der Waals surface area contributed by atoms with Gasteiger partial charge < -0.3 is 14.6 Å². The molecular weight excluding hydrogens is 236 g/mol. The predicted molar refractivity (Wildman–Crippen MR) is 49.8 cm³/mol. The molecule has 0 unspecified atom stereocenters. The summed E-state index contributed by atoms with van der Waals surface area (Å²) in [6.07, 6.45) is 3.21. The third-order valence-corrected chi connectivity index (χ3v) is 2.00. The van der Waals surface area contributed by atoms with E-state index in [4.69, 9.17) is 14.6 Å². The minimum absolute atomic E-state index is 0.305. The SMILES string of the molecule is NCc1ncc(-c2coc(Br)c2)o1. The highest BCUT2D eigenvalue weighted by Gasteiger charge is 2.07. The molecule has 0 aliphatic heterocycles. The summed E-state index contributed by atoms with van der Waals surface area (Å²) in [6.45, 7) is 0.305. The number of rotatable bonds is 2. The topological polar surface area (TPSA) is 65.2 Å². The van der Waals surface area contributed by atoms with E-state index in [2.05, 4.69) is 20.9 Å². The average Bonchev–Trinajstić information content (AvgIpc) is 2.71. The fourth-order valence-electron chi connectivity index (χ4n) is 0.977. The van der Waals surface area contributed by atoms with E-state index in [1.807, 2.05) is 0 Å². The predicted octanol–water partition coefficient (Wildman–Crippen LogP) is 2.16. The first-order valence-electron chi connectivity index (χ1n) is 3.69. The first-order valence-corrected chi connectivity index (χ1v) is 4.48. The summed E-state index contributed by atoms with van der Waals surface area (Å²) in [5.41, 5.74) is 6.20. The van der Waals surface area contributed by atoms with Crippen molar-refractivity contribution in [2.24, 2.45) is 5.73 Å². The van der Waals surface area contributed by atoms with Crippen LogP contribution in [0.2, 0.25) is 0 Å². The number of halogens is 1. The van der Waals surface area contributed by atoms with Crippen LogP contribution < -0.4 is 5.73 Å². The van der Waals surface area contributed by atoms with E-state index < -0.39 is 0 Å². The fraction of sp³-hybridized carbons (Fsp3) is 0.125. The molecule has 68 valence electrons. The Kier molecular flexibility index (Phi) is 2.20. The zero-order valence-electron chi connectivity index (χ0n) is 6.66. The number of hydrogen-bond donors (Lipinski definition) is 1. The molecule has 5 heteroatoms. The van der Waals surface area contributed by atoms with Gasteiger partial charge in [0.1, 0.15) is 6.26 Å². The monoisotopic (exact) mass is 242 g/mol. The van der Waals surface area contributed by atoms with Gasteiger partial charge in [-0.3, -0.25) is 0 Å². The zero-order chi connectivity index (χ0) is 9.26. The highest BCUT2D eigenvalue weighted by atomic mass is 79.9. The van der Waals surface area contributed by atoms with Crippen molar-refractivity contribution < 1.29 is 8.83 Å². The highest BCUT2D eigenvalue weighted by molar-refractivity contribution is 9.10. The third kappa shape index (κ3) is 1.66. The minimum atomic E-state index is 0.305. The molecule has 0 amide bonds. The second-order valence-electron chi connectivity index (χ2n) is 2.46. The zero-order valence-corrected chi connectivity index (χ0v) is 8.24. The van der Waals surface area contributed by atoms with Gasteiger partial charge in [0.25, 0.3) is 0 Å². The van der Waals surface area contributed by atoms with Crippen LogP contribution in [0.5, 0.6) is 0 Å². The van der Waals surface area contributed by atoms with Gasteiger partial charge in [0.15, 0.2) is 10.4 Å². The Bertz CT molecular complexity index is 408. The van der Waals surface area contributed by atoms with E-state index in [9.17, 15) is 0 Å². The first-order chi connectivity index (χ1) is 6.29. The number of aromatic nitrogens is 1. The summed E-state index contributed by atoms with van der Waals surface area (Å²) in [7, 11) is 0. The summed E-state index contributed by atoms with van der Waals surface area (Å²) >= 11 is 3.20. The Morgan fingerprint density at radius 2 is 2.38 bits per heavy atom. The number of oxazole rings is 1. The molecule has 0 atom stereocenters. The largest absolute Gasteiger partial charge is 0.457 e. The third-order valence-electron chi connectivity index (χ3n) is 1.58. The van der Waals surface area contributed by atoms with E-state index in [-0.39, 0.29) is 0 Å². The molecule has 2 N–H and O–H groups in total. The van der Waals surface area contributed by atoms with Crippen molar-refractivity contribution in [3.8, 4) is 11.3 Å². The maximum atomic E-state index is 5.36. The number of furan rings is 1. The molecule has 2 heterocycles. The molecule has 0 spiro atoms. The van der Waals surface area contributed by atoms with E-state index in [0.29, 0.717) is 22.9 Å². The summed E-state index contributed by atoms with van der Waals surface area (Å²) in [5.74, 6) is 1.18. The molecule has 2 rings (SSSR count). The van der Waals surface area contributed by atoms with Crippen molar-refractivity contribution >= 4 is 15.9 Å². The molecule has 13 heavy (non-hydrogen) atoms. The molecular formula is C8H7BrN2O2. The maximum Gasteiger partial charge on any atom is 0.208 e. The fourth-order valence-corrected chi connectivity index (χ4v) is 1.32. The van der Waals surface area contributed by atoms with Gasteiger partial charge in [-0.1, -0.05) is 0 Å². The van der Waals surface area contributed by atoms with E-state index in [0.717, 1.165) is 5.56 Å². The van der Waals surface area contributed by atoms with Crippen molar-refractivity contribution in [1.29, 1.82) is 0 Å². The summed E-state index contributed by atoms with van der Waals surface area (Å²) < 4.78 is 11.0. The van der Waals surface area contributed by atoms with Crippen LogP contribution in [0.15, 0.2) is 32.0 Å². The first kappa shape index (κ1) is 8.52. The normalized spacial score (nSPS) is 10.6. The number of nitrogens with two attached hydrogens (primary N) is 1. The molecule has 4 nitrogen and oxygen atoms in total. The molecule has 0 aliphatic carbocycles. The van der Waals surface area contributed by atoms with Gasteiger partial charge in [-0.25, -0.2) is 4.98 Å². The second-order valence-corrected chi connectivity index (χ2v) is 3.24. The molecule has 0 bridgehead atoms. The summed E-state index contributed by atoms with van der Waals surface area (Å²) in [4.78, 5) is 3.97. The lowest BCUT2D eigenvalue weighted by Crippen LogP contribution is -1.94. The van der Waals surface area contributed by atoms with Gasteiger partial charge in [0.05, 0.1) is 18.3 Å². The molecule has 0 fully saturated rings. The Labute approximate surface area is 82.9 Å². The Morgan fingerprint density at radius 1 is 1.54 bits per heavy atom. The second kappa shape index (κ2) is 3.35. The van der Waals surface area contributed by atoms with Crippen LogP contribution in [-0.2, 0) is 6.54 Å². The Morgan fingerprint density at radius 3 is 2.92 bits per heavy atom. The van der Waals surface area contributed by atoms with Crippen LogP contribution in [0.4, 0.5) is 0 Å². The summed E-state index contributed by atoms with van der Waals surface area (Å²) in [5, 5.41) is 0. The Hall–Kier alpha value is -1.07. The van der Waals surface area contributed by atoms with Crippen LogP contribution in [0.25, 0.3) is 11.3 Å². The van der Waals surface area contributed by atoms with Crippen LogP contribution in [0.3, 0.4) is 0 Å². The molecule has 0 saturated carbocycles. The molecule has 2 aromatic rings. The highest BCUT2D eigenvalue weighted by Crippen LogP contribution is 2.25. The minimum Gasteiger partial charge on any atom is -0.457 e. The maximum absolute atomic E-state index is 5.36. The van der Waals surface area contributed by atoms with Crippen LogP contribution in [-0.4, -0.2) is 4.98 Å². The van der Waals surface area contributed by atoms with Gasteiger partial charge in [-0.05, 0) is 15.9 Å². The molecule has 0 saturated heterocycles. The van der Waals surface area contributed by atoms with Crippen LogP contribution in [0, 0.1) is 0 Å². The molecule has 0 radical (unpaired) electrons. The van der Waals surface area contributed by atoms with Crippen molar-refractivity contribution in [3.63, 3.8) is 0 Å². The van der Waals surface area contributed by atoms with Crippen molar-refractivity contribution in [2.75, 3.05) is 0 Å². The van der Waals surface area contributed by atoms with Gasteiger partial charge in [-0.15, -0.1) is 0 Å². The number of nitrogens with zero attached hydrogens (tertiary/aromatic N) is 1. The van der Waals surface area contributed by atoms with E-state index in [1.54, 1.807) is 18.5 Å². The van der Waals surface area contributed by atoms with Crippen molar-refractivity contribution in [1.82, 2.24) is 4.98 Å².